The van der Waals surface area contributed by atoms with Crippen LogP contribution in [0.3, 0.4) is 0 Å². The zero-order chi connectivity index (χ0) is 21.9. The smallest absolute Gasteiger partial charge is 0.105 e. The summed E-state index contributed by atoms with van der Waals surface area (Å²) in [5, 5.41) is 18.9. The van der Waals surface area contributed by atoms with Gasteiger partial charge in [-0.25, -0.2) is 0 Å². The quantitative estimate of drug-likeness (QED) is 0.220. The van der Waals surface area contributed by atoms with Crippen molar-refractivity contribution in [3.63, 3.8) is 0 Å². The molecule has 3 aliphatic rings. The number of nitrogen functional groups attached to an aromatic ring is 1. The first-order valence-corrected chi connectivity index (χ1v) is 12.1. The molecule has 1 aromatic heterocycles. The summed E-state index contributed by atoms with van der Waals surface area (Å²) in [6.07, 6.45) is 1.35. The average molecular weight is 457 g/mol. The van der Waals surface area contributed by atoms with Crippen LogP contribution in [0.5, 0.6) is 0 Å². The Morgan fingerprint density at radius 3 is 2.78 bits per heavy atom. The Kier molecular flexibility index (Phi) is 6.69. The standard InChI is InChI=1S/C22H32N8OS/c23-13-17-16(2-1-3-18(17)28-24)21-26-19-12-15(14-29-6-4-25-5-7-29)32-20(19)22(27-21)30-8-10-31-11-9-30/h1-3,12-13,21-23,25-28H,4-11,14,24H2. The normalized spacial score (nSPS) is 24.5. The molecular formula is C22H32N8OS. The molecule has 2 unspecified atom stereocenters. The molecule has 9 nitrogen and oxygen atoms in total. The number of piperazine rings is 1. The molecule has 0 spiro atoms. The molecule has 172 valence electrons. The number of thiophene rings is 1. The minimum absolute atomic E-state index is 0.106. The van der Waals surface area contributed by atoms with Crippen molar-refractivity contribution in [1.82, 2.24) is 20.4 Å². The number of hydrogen-bond acceptors (Lipinski definition) is 10. The topological polar surface area (TPSA) is 114 Å². The highest BCUT2D eigenvalue weighted by atomic mass is 32.1. The van der Waals surface area contributed by atoms with Gasteiger partial charge >= 0.3 is 0 Å². The van der Waals surface area contributed by atoms with E-state index >= 15 is 0 Å². The highest BCUT2D eigenvalue weighted by Crippen LogP contribution is 2.42. The van der Waals surface area contributed by atoms with Crippen molar-refractivity contribution in [2.45, 2.75) is 18.9 Å². The Bertz CT molecular complexity index is 938. The lowest BCUT2D eigenvalue weighted by Crippen LogP contribution is -2.49. The van der Waals surface area contributed by atoms with Gasteiger partial charge in [0.2, 0.25) is 0 Å². The van der Waals surface area contributed by atoms with Crippen molar-refractivity contribution >= 4 is 28.9 Å². The van der Waals surface area contributed by atoms with Gasteiger partial charge in [-0.2, -0.15) is 0 Å². The predicted molar refractivity (Wildman–Crippen MR) is 129 cm³/mol. The van der Waals surface area contributed by atoms with E-state index in [4.69, 9.17) is 16.0 Å². The van der Waals surface area contributed by atoms with Crippen LogP contribution in [0.2, 0.25) is 0 Å². The molecule has 2 atom stereocenters. The molecule has 10 heteroatoms. The van der Waals surface area contributed by atoms with Gasteiger partial charge in [0.15, 0.2) is 0 Å². The molecule has 0 saturated carbocycles. The summed E-state index contributed by atoms with van der Waals surface area (Å²) >= 11 is 1.90. The van der Waals surface area contributed by atoms with Crippen LogP contribution < -0.4 is 27.2 Å². The first-order valence-electron chi connectivity index (χ1n) is 11.3. The number of ether oxygens (including phenoxy) is 1. The number of nitrogens with two attached hydrogens (primary N) is 1. The largest absolute Gasteiger partial charge is 0.379 e. The van der Waals surface area contributed by atoms with Crippen molar-refractivity contribution < 1.29 is 4.74 Å². The second-order valence-corrected chi connectivity index (χ2v) is 9.58. The molecule has 0 amide bonds. The molecule has 0 aliphatic carbocycles. The number of anilines is 2. The number of morpholine rings is 1. The second kappa shape index (κ2) is 9.84. The average Bonchev–Trinajstić information content (AvgIpc) is 3.26. The second-order valence-electron chi connectivity index (χ2n) is 8.41. The summed E-state index contributed by atoms with van der Waals surface area (Å²) in [7, 11) is 0. The number of nitrogens with one attached hydrogen (secondary N) is 5. The number of fused-ring (bicyclic) bond motifs is 1. The molecule has 5 rings (SSSR count). The maximum atomic E-state index is 7.97. The van der Waals surface area contributed by atoms with Crippen molar-refractivity contribution in [2.24, 2.45) is 5.84 Å². The molecule has 0 bridgehead atoms. The monoisotopic (exact) mass is 456 g/mol. The summed E-state index contributed by atoms with van der Waals surface area (Å²) in [6.45, 7) is 8.58. The number of benzene rings is 1. The van der Waals surface area contributed by atoms with Gasteiger partial charge in [0, 0.05) is 62.5 Å². The molecule has 7 N–H and O–H groups in total. The van der Waals surface area contributed by atoms with E-state index in [1.165, 1.54) is 21.7 Å². The van der Waals surface area contributed by atoms with Crippen molar-refractivity contribution in [1.29, 1.82) is 5.41 Å². The van der Waals surface area contributed by atoms with Gasteiger partial charge in [0.25, 0.3) is 0 Å². The maximum absolute atomic E-state index is 7.97. The minimum atomic E-state index is -0.123. The summed E-state index contributed by atoms with van der Waals surface area (Å²) in [6, 6.07) is 8.25. The molecule has 1 aromatic carbocycles. The maximum Gasteiger partial charge on any atom is 0.105 e. The van der Waals surface area contributed by atoms with Gasteiger partial charge in [-0.05, 0) is 17.7 Å². The van der Waals surface area contributed by atoms with Gasteiger partial charge < -0.3 is 26.2 Å². The molecular weight excluding hydrogens is 424 g/mol. The van der Waals surface area contributed by atoms with Gasteiger partial charge in [-0.3, -0.25) is 21.0 Å². The zero-order valence-electron chi connectivity index (χ0n) is 18.2. The first kappa shape index (κ1) is 21.8. The van der Waals surface area contributed by atoms with Crippen LogP contribution in [-0.2, 0) is 11.3 Å². The fourth-order valence-electron chi connectivity index (χ4n) is 4.77. The van der Waals surface area contributed by atoms with E-state index in [0.717, 1.165) is 75.8 Å². The van der Waals surface area contributed by atoms with Gasteiger partial charge in [-0.15, -0.1) is 11.3 Å². The Morgan fingerprint density at radius 1 is 1.22 bits per heavy atom. The molecule has 2 fully saturated rings. The Labute approximate surface area is 192 Å². The molecule has 32 heavy (non-hydrogen) atoms. The van der Waals surface area contributed by atoms with E-state index in [0.29, 0.717) is 0 Å². The van der Waals surface area contributed by atoms with E-state index in [2.05, 4.69) is 43.3 Å². The van der Waals surface area contributed by atoms with Crippen LogP contribution in [0.1, 0.15) is 33.2 Å². The fraction of sp³-hybridized carbons (Fsp3) is 0.500. The van der Waals surface area contributed by atoms with Crippen LogP contribution >= 0.6 is 11.3 Å². The third-order valence-electron chi connectivity index (χ3n) is 6.44. The Morgan fingerprint density at radius 2 is 2.03 bits per heavy atom. The Balaban J connectivity index is 1.46. The van der Waals surface area contributed by atoms with E-state index in [1.807, 2.05) is 23.5 Å². The molecule has 2 aromatic rings. The van der Waals surface area contributed by atoms with Gasteiger partial charge in [-0.1, -0.05) is 12.1 Å². The van der Waals surface area contributed by atoms with Crippen LogP contribution in [-0.4, -0.2) is 68.5 Å². The predicted octanol–water partition coefficient (Wildman–Crippen LogP) is 1.48. The van der Waals surface area contributed by atoms with Crippen LogP contribution in [0.15, 0.2) is 24.3 Å². The number of hydrogen-bond donors (Lipinski definition) is 6. The number of nitrogens with zero attached hydrogens (tertiary/aromatic N) is 2. The van der Waals surface area contributed by atoms with Crippen LogP contribution in [0, 0.1) is 5.41 Å². The molecule has 3 aliphatic heterocycles. The van der Waals surface area contributed by atoms with E-state index in [9.17, 15) is 0 Å². The van der Waals surface area contributed by atoms with Gasteiger partial charge in [0.1, 0.15) is 6.17 Å². The number of hydrazine groups is 1. The highest BCUT2D eigenvalue weighted by molar-refractivity contribution is 7.12. The van der Waals surface area contributed by atoms with E-state index in [1.54, 1.807) is 0 Å². The van der Waals surface area contributed by atoms with E-state index in [-0.39, 0.29) is 12.3 Å². The SMILES string of the molecule is N=Cc1c(NN)cccc1C1Nc2cc(CN3CCNCC3)sc2C(N2CCOCC2)N1. The Hall–Kier alpha value is -2.05. The summed E-state index contributed by atoms with van der Waals surface area (Å²) in [5.74, 6) is 5.71. The lowest BCUT2D eigenvalue weighted by Gasteiger charge is -2.41. The van der Waals surface area contributed by atoms with Crippen molar-refractivity contribution in [2.75, 3.05) is 63.2 Å². The first-order chi connectivity index (χ1) is 15.8. The zero-order valence-corrected chi connectivity index (χ0v) is 19.0. The fourth-order valence-corrected chi connectivity index (χ4v) is 6.03. The van der Waals surface area contributed by atoms with Crippen LogP contribution in [0.4, 0.5) is 11.4 Å². The summed E-state index contributed by atoms with van der Waals surface area (Å²) < 4.78 is 5.62. The minimum Gasteiger partial charge on any atom is -0.379 e. The van der Waals surface area contributed by atoms with E-state index < -0.39 is 0 Å². The number of rotatable bonds is 6. The van der Waals surface area contributed by atoms with Gasteiger partial charge in [0.05, 0.1) is 35.6 Å². The third kappa shape index (κ3) is 4.40. The van der Waals surface area contributed by atoms with Crippen LogP contribution in [0.25, 0.3) is 0 Å². The lowest BCUT2D eigenvalue weighted by atomic mass is 10.0. The lowest BCUT2D eigenvalue weighted by molar-refractivity contribution is 0.00572. The molecule has 0 radical (unpaired) electrons. The summed E-state index contributed by atoms with van der Waals surface area (Å²) in [4.78, 5) is 7.70. The molecule has 4 heterocycles. The summed E-state index contributed by atoms with van der Waals surface area (Å²) in [5.41, 5.74) is 6.46. The van der Waals surface area contributed by atoms with Crippen molar-refractivity contribution in [3.8, 4) is 0 Å². The highest BCUT2D eigenvalue weighted by Gasteiger charge is 2.34. The van der Waals surface area contributed by atoms with Crippen molar-refractivity contribution in [3.05, 3.63) is 45.1 Å². The third-order valence-corrected chi connectivity index (χ3v) is 7.61. The molecule has 2 saturated heterocycles.